The summed E-state index contributed by atoms with van der Waals surface area (Å²) in [4.78, 5) is 28.3. The predicted molar refractivity (Wildman–Crippen MR) is 109 cm³/mol. The molecule has 29 heavy (non-hydrogen) atoms. The first kappa shape index (κ1) is 19.8. The van der Waals surface area contributed by atoms with Crippen LogP contribution in [0.5, 0.6) is 11.5 Å². The number of carbonyl (C=O) groups excluding carboxylic acids is 2. The second-order valence-electron chi connectivity index (χ2n) is 6.08. The summed E-state index contributed by atoms with van der Waals surface area (Å²) in [6.45, 7) is 1.88. The van der Waals surface area contributed by atoms with E-state index in [-0.39, 0.29) is 5.91 Å². The van der Waals surface area contributed by atoms with Crippen LogP contribution in [0.2, 0.25) is 0 Å². The number of pyridine rings is 1. The Bertz CT molecular complexity index is 1050. The lowest BCUT2D eigenvalue weighted by atomic mass is 10.1. The van der Waals surface area contributed by atoms with E-state index in [0.29, 0.717) is 28.3 Å². The van der Waals surface area contributed by atoms with Crippen molar-refractivity contribution in [3.05, 3.63) is 89.8 Å². The molecule has 0 aliphatic carbocycles. The van der Waals surface area contributed by atoms with Gasteiger partial charge in [-0.05, 0) is 48.9 Å². The SMILES string of the molecule is Cc1ccc(Oc2ccccc2C(=O)Nc2ccccc2C=CC(=O)NO)cn1. The third-order valence-corrected chi connectivity index (χ3v) is 3.98. The first-order valence-corrected chi connectivity index (χ1v) is 8.79. The summed E-state index contributed by atoms with van der Waals surface area (Å²) < 4.78 is 5.83. The van der Waals surface area contributed by atoms with Gasteiger partial charge in [0.1, 0.15) is 11.5 Å². The van der Waals surface area contributed by atoms with Gasteiger partial charge in [-0.1, -0.05) is 30.3 Å². The van der Waals surface area contributed by atoms with Crippen molar-refractivity contribution in [3.8, 4) is 11.5 Å². The Kier molecular flexibility index (Phi) is 6.34. The van der Waals surface area contributed by atoms with Crippen LogP contribution in [0.25, 0.3) is 6.08 Å². The van der Waals surface area contributed by atoms with E-state index in [0.717, 1.165) is 11.8 Å². The van der Waals surface area contributed by atoms with Gasteiger partial charge in [-0.25, -0.2) is 5.48 Å². The van der Waals surface area contributed by atoms with Crippen molar-refractivity contribution >= 4 is 23.6 Å². The maximum Gasteiger partial charge on any atom is 0.267 e. The monoisotopic (exact) mass is 389 g/mol. The molecule has 3 N–H and O–H groups in total. The first-order valence-electron chi connectivity index (χ1n) is 8.79. The van der Waals surface area contributed by atoms with E-state index < -0.39 is 5.91 Å². The molecule has 1 heterocycles. The number of amides is 2. The number of ether oxygens (including phenoxy) is 1. The first-order chi connectivity index (χ1) is 14.1. The smallest absolute Gasteiger partial charge is 0.267 e. The van der Waals surface area contributed by atoms with E-state index in [1.54, 1.807) is 60.8 Å². The molecular weight excluding hydrogens is 370 g/mol. The predicted octanol–water partition coefficient (Wildman–Crippen LogP) is 3.95. The van der Waals surface area contributed by atoms with Crippen LogP contribution in [0.4, 0.5) is 5.69 Å². The molecule has 7 nitrogen and oxygen atoms in total. The van der Waals surface area contributed by atoms with Crippen LogP contribution in [-0.2, 0) is 4.79 Å². The number of nitrogens with one attached hydrogen (secondary N) is 2. The Hall–Kier alpha value is -3.97. The normalized spacial score (nSPS) is 10.6. The molecule has 3 rings (SSSR count). The van der Waals surface area contributed by atoms with Crippen molar-refractivity contribution in [2.24, 2.45) is 0 Å². The maximum absolute atomic E-state index is 12.9. The number of para-hydroxylation sites is 2. The summed E-state index contributed by atoms with van der Waals surface area (Å²) in [7, 11) is 0. The highest BCUT2D eigenvalue weighted by Gasteiger charge is 2.14. The van der Waals surface area contributed by atoms with Gasteiger partial charge in [-0.3, -0.25) is 19.8 Å². The summed E-state index contributed by atoms with van der Waals surface area (Å²) >= 11 is 0. The fourth-order valence-electron chi connectivity index (χ4n) is 2.53. The molecule has 2 aromatic carbocycles. The average molecular weight is 389 g/mol. The van der Waals surface area contributed by atoms with E-state index in [1.165, 1.54) is 11.6 Å². The Labute approximate surface area is 167 Å². The molecule has 146 valence electrons. The minimum Gasteiger partial charge on any atom is -0.455 e. The average Bonchev–Trinajstić information content (AvgIpc) is 2.74. The van der Waals surface area contributed by atoms with Crippen LogP contribution in [0.1, 0.15) is 21.6 Å². The van der Waals surface area contributed by atoms with Gasteiger partial charge in [0.15, 0.2) is 0 Å². The van der Waals surface area contributed by atoms with Crippen molar-refractivity contribution in [1.29, 1.82) is 0 Å². The van der Waals surface area contributed by atoms with Gasteiger partial charge in [0.25, 0.3) is 11.8 Å². The minimum absolute atomic E-state index is 0.347. The quantitative estimate of drug-likeness (QED) is 0.337. The van der Waals surface area contributed by atoms with E-state index in [9.17, 15) is 9.59 Å². The Morgan fingerprint density at radius 2 is 1.79 bits per heavy atom. The standard InChI is InChI=1S/C22H19N3O4/c1-15-10-12-17(14-23-15)29-20-9-5-3-7-18(20)22(27)24-19-8-4-2-6-16(19)11-13-21(26)25-28/h2-14,28H,1H3,(H,24,27)(H,25,26). The van der Waals surface area contributed by atoms with Crippen molar-refractivity contribution < 1.29 is 19.5 Å². The van der Waals surface area contributed by atoms with Gasteiger partial charge in [0.05, 0.1) is 11.8 Å². The van der Waals surface area contributed by atoms with Crippen LogP contribution in [0.3, 0.4) is 0 Å². The number of hydrogen-bond acceptors (Lipinski definition) is 5. The van der Waals surface area contributed by atoms with Gasteiger partial charge in [0.2, 0.25) is 0 Å². The van der Waals surface area contributed by atoms with Crippen molar-refractivity contribution in [1.82, 2.24) is 10.5 Å². The number of nitrogens with zero attached hydrogens (tertiary/aromatic N) is 1. The zero-order valence-corrected chi connectivity index (χ0v) is 15.6. The number of aromatic nitrogens is 1. The Morgan fingerprint density at radius 3 is 2.55 bits per heavy atom. The lowest BCUT2D eigenvalue weighted by Gasteiger charge is -2.12. The van der Waals surface area contributed by atoms with E-state index in [4.69, 9.17) is 9.94 Å². The summed E-state index contributed by atoms with van der Waals surface area (Å²) in [6, 6.07) is 17.5. The molecular formula is C22H19N3O4. The number of hydroxylamine groups is 1. The molecule has 1 aromatic heterocycles. The summed E-state index contributed by atoms with van der Waals surface area (Å²) in [5, 5.41) is 11.4. The van der Waals surface area contributed by atoms with Gasteiger partial charge in [0, 0.05) is 17.5 Å². The summed E-state index contributed by atoms with van der Waals surface area (Å²) in [6.07, 6.45) is 4.24. The second-order valence-corrected chi connectivity index (χ2v) is 6.08. The molecule has 2 amide bonds. The topological polar surface area (TPSA) is 101 Å². The Morgan fingerprint density at radius 1 is 1.03 bits per heavy atom. The van der Waals surface area contributed by atoms with Crippen molar-refractivity contribution in [3.63, 3.8) is 0 Å². The number of rotatable bonds is 6. The number of carbonyl (C=O) groups is 2. The molecule has 0 radical (unpaired) electrons. The Balaban J connectivity index is 1.83. The second kappa shape index (κ2) is 9.29. The summed E-state index contributed by atoms with van der Waals surface area (Å²) in [5.74, 6) is -0.123. The molecule has 0 bridgehead atoms. The largest absolute Gasteiger partial charge is 0.455 e. The highest BCUT2D eigenvalue weighted by molar-refractivity contribution is 6.07. The molecule has 0 unspecified atom stereocenters. The zero-order chi connectivity index (χ0) is 20.6. The maximum atomic E-state index is 12.9. The van der Waals surface area contributed by atoms with Gasteiger partial charge in [-0.15, -0.1) is 0 Å². The molecule has 0 atom stereocenters. The third kappa shape index (κ3) is 5.27. The lowest BCUT2D eigenvalue weighted by Crippen LogP contribution is -2.15. The molecule has 0 saturated carbocycles. The van der Waals surface area contributed by atoms with Crippen LogP contribution in [0.15, 0.2) is 72.9 Å². The molecule has 7 heteroatoms. The fraction of sp³-hybridized carbons (Fsp3) is 0.0455. The summed E-state index contributed by atoms with van der Waals surface area (Å²) in [5.41, 5.74) is 3.84. The highest BCUT2D eigenvalue weighted by Crippen LogP contribution is 2.26. The van der Waals surface area contributed by atoms with Crippen LogP contribution >= 0.6 is 0 Å². The molecule has 0 saturated heterocycles. The molecule has 0 aliphatic rings. The minimum atomic E-state index is -0.670. The number of aryl methyl sites for hydroxylation is 1. The van der Waals surface area contributed by atoms with E-state index >= 15 is 0 Å². The number of benzene rings is 2. The van der Waals surface area contributed by atoms with Crippen LogP contribution in [0, 0.1) is 6.92 Å². The fourth-order valence-corrected chi connectivity index (χ4v) is 2.53. The van der Waals surface area contributed by atoms with Crippen molar-refractivity contribution in [2.75, 3.05) is 5.32 Å². The van der Waals surface area contributed by atoms with Crippen molar-refractivity contribution in [2.45, 2.75) is 6.92 Å². The van der Waals surface area contributed by atoms with Gasteiger partial charge in [-0.2, -0.15) is 0 Å². The number of hydrogen-bond donors (Lipinski definition) is 3. The highest BCUT2D eigenvalue weighted by atomic mass is 16.5. The van der Waals surface area contributed by atoms with E-state index in [2.05, 4.69) is 10.3 Å². The third-order valence-electron chi connectivity index (χ3n) is 3.98. The zero-order valence-electron chi connectivity index (χ0n) is 15.6. The number of anilines is 1. The lowest BCUT2D eigenvalue weighted by molar-refractivity contribution is -0.124. The molecule has 0 spiro atoms. The van der Waals surface area contributed by atoms with E-state index in [1.807, 2.05) is 13.0 Å². The van der Waals surface area contributed by atoms with Gasteiger partial charge < -0.3 is 10.1 Å². The van der Waals surface area contributed by atoms with Gasteiger partial charge >= 0.3 is 0 Å². The molecule has 0 aliphatic heterocycles. The molecule has 0 fully saturated rings. The van der Waals surface area contributed by atoms with Crippen LogP contribution in [-0.4, -0.2) is 22.0 Å². The van der Waals surface area contributed by atoms with Crippen LogP contribution < -0.4 is 15.5 Å². The molecule has 3 aromatic rings.